The van der Waals surface area contributed by atoms with E-state index in [0.717, 1.165) is 16.7 Å². The third-order valence-corrected chi connectivity index (χ3v) is 5.13. The Balaban J connectivity index is 1.75. The van der Waals surface area contributed by atoms with Gasteiger partial charge in [0.05, 0.1) is 0 Å². The lowest BCUT2D eigenvalue weighted by atomic mass is 9.91. The van der Waals surface area contributed by atoms with Crippen molar-refractivity contribution in [3.8, 4) is 0 Å². The maximum absolute atomic E-state index is 13.1. The molecule has 0 aromatic heterocycles. The number of esters is 1. The van der Waals surface area contributed by atoms with Crippen molar-refractivity contribution in [1.29, 1.82) is 0 Å². The number of nitrogens with zero attached hydrogens (tertiary/aromatic N) is 1. The van der Waals surface area contributed by atoms with Crippen LogP contribution in [-0.4, -0.2) is 28.9 Å². The van der Waals surface area contributed by atoms with Crippen molar-refractivity contribution < 1.29 is 14.3 Å². The van der Waals surface area contributed by atoms with E-state index in [1.54, 1.807) is 4.90 Å². The minimum absolute atomic E-state index is 0.218. The second-order valence-electron chi connectivity index (χ2n) is 8.50. The van der Waals surface area contributed by atoms with Gasteiger partial charge in [0, 0.05) is 12.1 Å². The molecule has 4 heteroatoms. The lowest BCUT2D eigenvalue weighted by molar-refractivity contribution is -0.155. The highest BCUT2D eigenvalue weighted by Gasteiger charge is 2.29. The molecule has 3 aromatic rings. The monoisotopic (exact) mass is 415 g/mol. The second-order valence-corrected chi connectivity index (χ2v) is 8.50. The number of hydrogen-bond acceptors (Lipinski definition) is 3. The van der Waals surface area contributed by atoms with Crippen LogP contribution in [-0.2, 0) is 20.9 Å². The molecule has 0 heterocycles. The lowest BCUT2D eigenvalue weighted by Crippen LogP contribution is -2.47. The molecule has 0 fully saturated rings. The molecule has 31 heavy (non-hydrogen) atoms. The summed E-state index contributed by atoms with van der Waals surface area (Å²) in [5, 5.41) is 0. The van der Waals surface area contributed by atoms with Crippen LogP contribution >= 0.6 is 0 Å². The molecule has 0 saturated carbocycles. The van der Waals surface area contributed by atoms with E-state index >= 15 is 0 Å². The van der Waals surface area contributed by atoms with E-state index in [4.69, 9.17) is 4.74 Å². The molecule has 160 valence electrons. The van der Waals surface area contributed by atoms with Crippen LogP contribution in [0, 0.1) is 0 Å². The Morgan fingerprint density at radius 1 is 0.774 bits per heavy atom. The van der Waals surface area contributed by atoms with Gasteiger partial charge in [0.1, 0.15) is 5.92 Å². The average molecular weight is 416 g/mol. The molecule has 0 bridgehead atoms. The van der Waals surface area contributed by atoms with Crippen LogP contribution < -0.4 is 0 Å². The molecule has 0 radical (unpaired) electrons. The summed E-state index contributed by atoms with van der Waals surface area (Å²) in [4.78, 5) is 27.9. The highest BCUT2D eigenvalue weighted by atomic mass is 16.5. The Morgan fingerprint density at radius 2 is 1.23 bits per heavy atom. The van der Waals surface area contributed by atoms with Gasteiger partial charge in [0.15, 0.2) is 6.61 Å². The van der Waals surface area contributed by atoms with E-state index in [9.17, 15) is 9.59 Å². The molecule has 0 aliphatic rings. The molecule has 0 unspecified atom stereocenters. The maximum atomic E-state index is 13.1. The topological polar surface area (TPSA) is 46.6 Å². The first-order chi connectivity index (χ1) is 14.9. The zero-order valence-electron chi connectivity index (χ0n) is 18.3. The maximum Gasteiger partial charge on any atom is 0.318 e. The Hall–Kier alpha value is -3.40. The number of carbonyl (C=O) groups is 2. The van der Waals surface area contributed by atoms with Gasteiger partial charge >= 0.3 is 5.97 Å². The van der Waals surface area contributed by atoms with Gasteiger partial charge in [-0.05, 0) is 37.5 Å². The molecule has 0 spiro atoms. The summed E-state index contributed by atoms with van der Waals surface area (Å²) in [7, 11) is 0. The number of hydrogen-bond donors (Lipinski definition) is 0. The fourth-order valence-electron chi connectivity index (χ4n) is 3.52. The van der Waals surface area contributed by atoms with Crippen LogP contribution in [0.2, 0.25) is 0 Å². The summed E-state index contributed by atoms with van der Waals surface area (Å²) in [6.45, 7) is 6.10. The molecule has 0 saturated heterocycles. The summed E-state index contributed by atoms with van der Waals surface area (Å²) in [6, 6.07) is 28.8. The summed E-state index contributed by atoms with van der Waals surface area (Å²) >= 11 is 0. The Labute approximate surface area is 184 Å². The fraction of sp³-hybridized carbons (Fsp3) is 0.259. The molecule has 0 N–H and O–H groups in total. The normalized spacial score (nSPS) is 11.2. The van der Waals surface area contributed by atoms with Gasteiger partial charge in [0.25, 0.3) is 5.91 Å². The molecule has 1 amide bonds. The van der Waals surface area contributed by atoms with E-state index in [1.807, 2.05) is 112 Å². The highest BCUT2D eigenvalue weighted by Crippen LogP contribution is 2.26. The molecule has 0 atom stereocenters. The average Bonchev–Trinajstić information content (AvgIpc) is 2.77. The minimum Gasteiger partial charge on any atom is -0.455 e. The van der Waals surface area contributed by atoms with Crippen LogP contribution in [0.15, 0.2) is 91.0 Å². The van der Waals surface area contributed by atoms with Gasteiger partial charge in [-0.3, -0.25) is 9.59 Å². The van der Waals surface area contributed by atoms with E-state index < -0.39 is 17.4 Å². The SMILES string of the molecule is CC(C)(C)N(Cc1ccccc1)C(=O)COC(=O)C(c1ccccc1)c1ccccc1. The van der Waals surface area contributed by atoms with E-state index in [2.05, 4.69) is 0 Å². The van der Waals surface area contributed by atoms with Crippen molar-refractivity contribution in [2.24, 2.45) is 0 Å². The smallest absolute Gasteiger partial charge is 0.318 e. The van der Waals surface area contributed by atoms with Crippen molar-refractivity contribution in [3.63, 3.8) is 0 Å². The van der Waals surface area contributed by atoms with Crippen molar-refractivity contribution in [1.82, 2.24) is 4.90 Å². The Kier molecular flexibility index (Phi) is 7.24. The van der Waals surface area contributed by atoms with Crippen LogP contribution in [0.25, 0.3) is 0 Å². The van der Waals surface area contributed by atoms with E-state index in [1.165, 1.54) is 0 Å². The first-order valence-corrected chi connectivity index (χ1v) is 10.5. The Morgan fingerprint density at radius 3 is 1.68 bits per heavy atom. The fourth-order valence-corrected chi connectivity index (χ4v) is 3.52. The number of ether oxygens (including phenoxy) is 1. The van der Waals surface area contributed by atoms with Crippen LogP contribution in [0.3, 0.4) is 0 Å². The molecule has 3 rings (SSSR count). The summed E-state index contributed by atoms with van der Waals surface area (Å²) in [5.41, 5.74) is 2.30. The number of carbonyl (C=O) groups excluding carboxylic acids is 2. The molecule has 0 aliphatic heterocycles. The quantitative estimate of drug-likeness (QED) is 0.499. The zero-order valence-corrected chi connectivity index (χ0v) is 18.3. The lowest BCUT2D eigenvalue weighted by Gasteiger charge is -2.36. The number of rotatable bonds is 7. The third-order valence-electron chi connectivity index (χ3n) is 5.13. The first kappa shape index (κ1) is 22.3. The van der Waals surface area contributed by atoms with Gasteiger partial charge in [-0.1, -0.05) is 91.0 Å². The first-order valence-electron chi connectivity index (χ1n) is 10.5. The molecule has 0 aliphatic carbocycles. The van der Waals surface area contributed by atoms with Crippen LogP contribution in [0.5, 0.6) is 0 Å². The van der Waals surface area contributed by atoms with Crippen molar-refractivity contribution in [2.45, 2.75) is 38.8 Å². The number of amides is 1. The van der Waals surface area contributed by atoms with Gasteiger partial charge in [-0.15, -0.1) is 0 Å². The zero-order chi connectivity index (χ0) is 22.3. The van der Waals surface area contributed by atoms with E-state index in [-0.39, 0.29) is 12.5 Å². The summed E-state index contributed by atoms with van der Waals surface area (Å²) in [6.07, 6.45) is 0. The van der Waals surface area contributed by atoms with Crippen molar-refractivity contribution in [3.05, 3.63) is 108 Å². The number of benzene rings is 3. The van der Waals surface area contributed by atoms with Gasteiger partial charge < -0.3 is 9.64 Å². The van der Waals surface area contributed by atoms with Crippen LogP contribution in [0.1, 0.15) is 43.4 Å². The van der Waals surface area contributed by atoms with E-state index in [0.29, 0.717) is 6.54 Å². The van der Waals surface area contributed by atoms with Crippen molar-refractivity contribution in [2.75, 3.05) is 6.61 Å². The molecular formula is C27H29NO3. The van der Waals surface area contributed by atoms with Gasteiger partial charge in [-0.25, -0.2) is 0 Å². The van der Waals surface area contributed by atoms with Gasteiger partial charge in [-0.2, -0.15) is 0 Å². The largest absolute Gasteiger partial charge is 0.455 e. The predicted molar refractivity (Wildman–Crippen MR) is 122 cm³/mol. The molecular weight excluding hydrogens is 386 g/mol. The third kappa shape index (κ3) is 6.05. The summed E-state index contributed by atoms with van der Waals surface area (Å²) in [5.74, 6) is -1.23. The minimum atomic E-state index is -0.576. The standard InChI is InChI=1S/C27H29NO3/c1-27(2,3)28(19-21-13-7-4-8-14-21)24(29)20-31-26(30)25(22-15-9-5-10-16-22)23-17-11-6-12-18-23/h4-18,25H,19-20H2,1-3H3. The molecule has 4 nitrogen and oxygen atoms in total. The molecule has 3 aromatic carbocycles. The Bertz CT molecular complexity index is 940. The van der Waals surface area contributed by atoms with Crippen molar-refractivity contribution >= 4 is 11.9 Å². The van der Waals surface area contributed by atoms with Crippen LogP contribution in [0.4, 0.5) is 0 Å². The summed E-state index contributed by atoms with van der Waals surface area (Å²) < 4.78 is 5.56. The predicted octanol–water partition coefficient (Wildman–Crippen LogP) is 5.19. The highest BCUT2D eigenvalue weighted by molar-refractivity contribution is 5.86. The van der Waals surface area contributed by atoms with Gasteiger partial charge in [0.2, 0.25) is 0 Å². The second kappa shape index (κ2) is 10.1.